The predicted molar refractivity (Wildman–Crippen MR) is 140 cm³/mol. The molecule has 1 N–H and O–H groups in total. The van der Waals surface area contributed by atoms with Gasteiger partial charge in [-0.15, -0.1) is 0 Å². The van der Waals surface area contributed by atoms with Crippen LogP contribution in [0.3, 0.4) is 0 Å². The van der Waals surface area contributed by atoms with Crippen LogP contribution >= 0.6 is 11.6 Å². The molecule has 1 unspecified atom stereocenters. The highest BCUT2D eigenvalue weighted by Gasteiger charge is 2.34. The lowest BCUT2D eigenvalue weighted by molar-refractivity contribution is 0.625. The van der Waals surface area contributed by atoms with Crippen molar-refractivity contribution >= 4 is 40.2 Å². The first kappa shape index (κ1) is 22.6. The number of allylic oxidation sites excluding steroid dienone is 7. The van der Waals surface area contributed by atoms with Crippen LogP contribution < -0.4 is 16.0 Å². The zero-order valence-corrected chi connectivity index (χ0v) is 20.3. The molecule has 2 aliphatic carbocycles. The van der Waals surface area contributed by atoms with E-state index in [-0.39, 0.29) is 17.2 Å². The number of rotatable bonds is 3. The minimum absolute atomic E-state index is 0.0808. The molecule has 0 amide bonds. The molecule has 3 aromatic heterocycles. The van der Waals surface area contributed by atoms with Gasteiger partial charge in [-0.25, -0.2) is 19.9 Å². The van der Waals surface area contributed by atoms with Gasteiger partial charge in [0.25, 0.3) is 11.1 Å². The van der Waals surface area contributed by atoms with E-state index in [0.717, 1.165) is 31.4 Å². The zero-order chi connectivity index (χ0) is 24.6. The molecule has 4 heterocycles. The molecular weight excluding hydrogens is 478 g/mol. The molecule has 10 heteroatoms. The second-order valence-corrected chi connectivity index (χ2v) is 9.52. The summed E-state index contributed by atoms with van der Waals surface area (Å²) >= 11 is 6.29. The molecule has 0 aromatic carbocycles. The number of aromatic nitrogens is 6. The molecule has 1 aliphatic heterocycles. The normalized spacial score (nSPS) is 21.0. The predicted octanol–water partition coefficient (Wildman–Crippen LogP) is 3.88. The van der Waals surface area contributed by atoms with Crippen molar-refractivity contribution in [2.24, 2.45) is 0 Å². The highest BCUT2D eigenvalue weighted by atomic mass is 35.5. The van der Waals surface area contributed by atoms with E-state index in [2.05, 4.69) is 37.0 Å². The van der Waals surface area contributed by atoms with E-state index in [9.17, 15) is 9.59 Å². The SMILES string of the molecule is O=c1[nH]cnc2ncnc(N3CCCC3c3nc4c(c(=O)n3C3=CCCC=C3)CC/C(Cl)=C\C=C4)c12. The summed E-state index contributed by atoms with van der Waals surface area (Å²) < 4.78 is 1.75. The van der Waals surface area contributed by atoms with Gasteiger partial charge in [0.2, 0.25) is 0 Å². The molecular formula is C26H24ClN7O2. The van der Waals surface area contributed by atoms with Crippen molar-refractivity contribution in [3.63, 3.8) is 0 Å². The standard InChI is InChI=1S/C26H24ClN7O2/c27-16-6-4-9-19-18(12-11-16)26(36)34(17-7-2-1-3-8-17)23(32-19)20-10-5-13-33(20)24-21-22(28-14-30-24)29-15-31-25(21)35/h2,4,6-9,14-15,20H,1,3,5,10-13H2,(H,28,29,30,31,35)/b9-4?,16-6+. The first-order valence-corrected chi connectivity index (χ1v) is 12.5. The third kappa shape index (κ3) is 3.89. The number of nitrogens with zero attached hydrogens (tertiary/aromatic N) is 6. The molecule has 3 aliphatic rings. The fourth-order valence-electron chi connectivity index (χ4n) is 5.17. The van der Waals surface area contributed by atoms with Gasteiger partial charge in [0.05, 0.1) is 18.1 Å². The third-order valence-corrected chi connectivity index (χ3v) is 7.17. The van der Waals surface area contributed by atoms with E-state index in [4.69, 9.17) is 16.6 Å². The van der Waals surface area contributed by atoms with E-state index in [0.29, 0.717) is 58.4 Å². The van der Waals surface area contributed by atoms with Gasteiger partial charge in [0.15, 0.2) is 5.65 Å². The Labute approximate surface area is 211 Å². The summed E-state index contributed by atoms with van der Waals surface area (Å²) in [7, 11) is 0. The molecule has 3 aromatic rings. The second kappa shape index (κ2) is 9.31. The fraction of sp³-hybridized carbons (Fsp3) is 0.308. The van der Waals surface area contributed by atoms with Gasteiger partial charge in [-0.3, -0.25) is 14.2 Å². The van der Waals surface area contributed by atoms with Crippen molar-refractivity contribution in [2.75, 3.05) is 11.4 Å². The van der Waals surface area contributed by atoms with E-state index in [1.165, 1.54) is 12.7 Å². The lowest BCUT2D eigenvalue weighted by Gasteiger charge is -2.29. The summed E-state index contributed by atoms with van der Waals surface area (Å²) in [5, 5.41) is 1.05. The largest absolute Gasteiger partial charge is 0.346 e. The summed E-state index contributed by atoms with van der Waals surface area (Å²) in [6.07, 6.45) is 19.0. The van der Waals surface area contributed by atoms with Gasteiger partial charge < -0.3 is 9.88 Å². The van der Waals surface area contributed by atoms with E-state index < -0.39 is 0 Å². The van der Waals surface area contributed by atoms with Gasteiger partial charge in [-0.05, 0) is 56.8 Å². The maximum Gasteiger partial charge on any atom is 0.263 e. The van der Waals surface area contributed by atoms with Crippen molar-refractivity contribution in [3.05, 3.63) is 85.9 Å². The number of fused-ring (bicyclic) bond motifs is 2. The minimum atomic E-state index is -0.297. The zero-order valence-electron chi connectivity index (χ0n) is 19.5. The van der Waals surface area contributed by atoms with Crippen molar-refractivity contribution in [2.45, 2.75) is 44.6 Å². The molecule has 1 fully saturated rings. The number of aromatic amines is 1. The van der Waals surface area contributed by atoms with E-state index >= 15 is 0 Å². The topological polar surface area (TPSA) is 110 Å². The van der Waals surface area contributed by atoms with Crippen molar-refractivity contribution in [1.29, 1.82) is 0 Å². The molecule has 1 saturated heterocycles. The Balaban J connectivity index is 1.57. The smallest absolute Gasteiger partial charge is 0.263 e. The molecule has 36 heavy (non-hydrogen) atoms. The molecule has 0 radical (unpaired) electrons. The van der Waals surface area contributed by atoms with Crippen LogP contribution in [0.1, 0.15) is 55.2 Å². The fourth-order valence-corrected chi connectivity index (χ4v) is 5.34. The molecule has 6 rings (SSSR count). The monoisotopic (exact) mass is 501 g/mol. The molecule has 182 valence electrons. The van der Waals surface area contributed by atoms with Gasteiger partial charge in [-0.2, -0.15) is 0 Å². The molecule has 0 bridgehead atoms. The number of hydrogen-bond donors (Lipinski definition) is 1. The molecule has 0 saturated carbocycles. The number of hydrogen-bond acceptors (Lipinski definition) is 7. The van der Waals surface area contributed by atoms with Crippen molar-refractivity contribution in [3.8, 4) is 0 Å². The van der Waals surface area contributed by atoms with E-state index in [1.807, 2.05) is 24.3 Å². The second-order valence-electron chi connectivity index (χ2n) is 9.03. The van der Waals surface area contributed by atoms with Gasteiger partial charge in [0, 0.05) is 22.8 Å². The van der Waals surface area contributed by atoms with Crippen LogP contribution in [0.25, 0.3) is 22.8 Å². The van der Waals surface area contributed by atoms with Gasteiger partial charge in [-0.1, -0.05) is 29.8 Å². The summed E-state index contributed by atoms with van der Waals surface area (Å²) in [6.45, 7) is 0.668. The Hall–Kier alpha value is -3.85. The summed E-state index contributed by atoms with van der Waals surface area (Å²) in [5.74, 6) is 1.14. The quantitative estimate of drug-likeness (QED) is 0.579. The lowest BCUT2D eigenvalue weighted by atomic mass is 10.0. The van der Waals surface area contributed by atoms with Crippen LogP contribution in [0, 0.1) is 0 Å². The summed E-state index contributed by atoms with van der Waals surface area (Å²) in [6, 6.07) is -0.255. The van der Waals surface area contributed by atoms with Gasteiger partial charge in [0.1, 0.15) is 23.4 Å². The van der Waals surface area contributed by atoms with Crippen LogP contribution in [-0.4, -0.2) is 36.0 Å². The summed E-state index contributed by atoms with van der Waals surface area (Å²) in [5.41, 5.74) is 2.09. The first-order chi connectivity index (χ1) is 17.6. The van der Waals surface area contributed by atoms with Crippen LogP contribution in [0.2, 0.25) is 0 Å². The number of nitrogens with one attached hydrogen (secondary N) is 1. The molecule has 1 atom stereocenters. The van der Waals surface area contributed by atoms with Crippen LogP contribution in [0.5, 0.6) is 0 Å². The minimum Gasteiger partial charge on any atom is -0.346 e. The Bertz CT molecular complexity index is 1590. The van der Waals surface area contributed by atoms with Gasteiger partial charge >= 0.3 is 0 Å². The Morgan fingerprint density at radius 3 is 2.86 bits per heavy atom. The summed E-state index contributed by atoms with van der Waals surface area (Å²) in [4.78, 5) is 49.4. The number of halogens is 1. The van der Waals surface area contributed by atoms with Crippen LogP contribution in [0.15, 0.2) is 57.7 Å². The van der Waals surface area contributed by atoms with Crippen LogP contribution in [-0.2, 0) is 6.42 Å². The third-order valence-electron chi connectivity index (χ3n) is 6.85. The average molecular weight is 502 g/mol. The highest BCUT2D eigenvalue weighted by molar-refractivity contribution is 6.29. The highest BCUT2D eigenvalue weighted by Crippen LogP contribution is 2.37. The Morgan fingerprint density at radius 1 is 1.08 bits per heavy atom. The molecule has 9 nitrogen and oxygen atoms in total. The lowest BCUT2D eigenvalue weighted by Crippen LogP contribution is -2.35. The Kier molecular flexibility index (Phi) is 5.85. The van der Waals surface area contributed by atoms with Crippen molar-refractivity contribution in [1.82, 2.24) is 29.5 Å². The molecule has 0 spiro atoms. The van der Waals surface area contributed by atoms with Crippen LogP contribution in [0.4, 0.5) is 5.82 Å². The Morgan fingerprint density at radius 2 is 2.00 bits per heavy atom. The van der Waals surface area contributed by atoms with Crippen molar-refractivity contribution < 1.29 is 0 Å². The average Bonchev–Trinajstić information content (AvgIpc) is 3.37. The van der Waals surface area contributed by atoms with E-state index in [1.54, 1.807) is 4.57 Å². The number of H-pyrrole nitrogens is 1. The maximum atomic E-state index is 14.0. The maximum absolute atomic E-state index is 14.0. The number of anilines is 1. The first-order valence-electron chi connectivity index (χ1n) is 12.1.